The number of rotatable bonds is 0. The number of hydrogen-bond acceptors (Lipinski definition) is 5. The molecule has 0 saturated carbocycles. The SMILES string of the molecule is CNC.O=c1c(O)c(O)c1=O. The van der Waals surface area contributed by atoms with Crippen molar-refractivity contribution in [2.24, 2.45) is 0 Å². The lowest BCUT2D eigenvalue weighted by Crippen LogP contribution is -2.28. The Morgan fingerprint density at radius 3 is 1.27 bits per heavy atom. The first kappa shape index (κ1) is 9.64. The summed E-state index contributed by atoms with van der Waals surface area (Å²) in [6.45, 7) is 0. The summed E-state index contributed by atoms with van der Waals surface area (Å²) in [5, 5.41) is 19.2. The Morgan fingerprint density at radius 2 is 1.18 bits per heavy atom. The number of aromatic hydroxyl groups is 2. The van der Waals surface area contributed by atoms with Crippen LogP contribution >= 0.6 is 0 Å². The van der Waals surface area contributed by atoms with Gasteiger partial charge in [0.2, 0.25) is 11.5 Å². The van der Waals surface area contributed by atoms with E-state index in [1.807, 2.05) is 14.1 Å². The fourth-order valence-electron chi connectivity index (χ4n) is 0.368. The molecule has 0 aliphatic heterocycles. The van der Waals surface area contributed by atoms with E-state index in [2.05, 4.69) is 5.32 Å². The van der Waals surface area contributed by atoms with Crippen molar-refractivity contribution in [3.63, 3.8) is 0 Å². The summed E-state index contributed by atoms with van der Waals surface area (Å²) >= 11 is 0. The van der Waals surface area contributed by atoms with Crippen LogP contribution in [0.5, 0.6) is 11.5 Å². The zero-order chi connectivity index (χ0) is 9.02. The summed E-state index contributed by atoms with van der Waals surface area (Å²) in [5.41, 5.74) is -2.02. The highest BCUT2D eigenvalue weighted by Gasteiger charge is 2.17. The highest BCUT2D eigenvalue weighted by Crippen LogP contribution is 2.13. The second-order valence-corrected chi connectivity index (χ2v) is 1.86. The van der Waals surface area contributed by atoms with Crippen LogP contribution in [0.3, 0.4) is 0 Å². The Bertz CT molecular complexity index is 267. The van der Waals surface area contributed by atoms with Crippen LogP contribution in [0.2, 0.25) is 0 Å². The van der Waals surface area contributed by atoms with Crippen LogP contribution in [0.15, 0.2) is 9.59 Å². The van der Waals surface area contributed by atoms with Crippen LogP contribution in [0.4, 0.5) is 0 Å². The third-order valence-corrected chi connectivity index (χ3v) is 0.861. The van der Waals surface area contributed by atoms with E-state index in [9.17, 15) is 9.59 Å². The van der Waals surface area contributed by atoms with Crippen molar-refractivity contribution in [2.75, 3.05) is 14.1 Å². The molecule has 0 amide bonds. The number of hydrogen-bond donors (Lipinski definition) is 3. The first-order valence-electron chi connectivity index (χ1n) is 2.86. The average molecular weight is 159 g/mol. The van der Waals surface area contributed by atoms with Gasteiger partial charge in [0, 0.05) is 0 Å². The van der Waals surface area contributed by atoms with Crippen LogP contribution < -0.4 is 16.2 Å². The molecule has 0 saturated heterocycles. The van der Waals surface area contributed by atoms with E-state index in [-0.39, 0.29) is 0 Å². The van der Waals surface area contributed by atoms with Gasteiger partial charge in [-0.1, -0.05) is 0 Å². The van der Waals surface area contributed by atoms with Gasteiger partial charge in [-0.2, -0.15) is 0 Å². The molecule has 0 unspecified atom stereocenters. The standard InChI is InChI=1S/C4H2O4.C2H7N/c5-1-2(6)4(8)3(1)7;1-3-2/h5-6H;3H,1-2H3. The van der Waals surface area contributed by atoms with Crippen LogP contribution in [-0.2, 0) is 0 Å². The lowest BCUT2D eigenvalue weighted by molar-refractivity contribution is 0.384. The van der Waals surface area contributed by atoms with E-state index in [1.54, 1.807) is 0 Å². The van der Waals surface area contributed by atoms with Gasteiger partial charge in [-0.25, -0.2) is 0 Å². The van der Waals surface area contributed by atoms with E-state index in [1.165, 1.54) is 0 Å². The van der Waals surface area contributed by atoms with Gasteiger partial charge in [0.05, 0.1) is 0 Å². The summed E-state index contributed by atoms with van der Waals surface area (Å²) in [6.07, 6.45) is 0. The van der Waals surface area contributed by atoms with Gasteiger partial charge in [-0.3, -0.25) is 9.59 Å². The molecule has 5 heteroatoms. The average Bonchev–Trinajstić information content (AvgIpc) is 2.02. The molecule has 62 valence electrons. The Morgan fingerprint density at radius 1 is 1.00 bits per heavy atom. The summed E-state index contributed by atoms with van der Waals surface area (Å²) in [5.74, 6) is -1.65. The van der Waals surface area contributed by atoms with Gasteiger partial charge in [0.25, 0.3) is 10.9 Å². The molecule has 1 rings (SSSR count). The van der Waals surface area contributed by atoms with Gasteiger partial charge in [0.15, 0.2) is 0 Å². The van der Waals surface area contributed by atoms with Crippen molar-refractivity contribution in [2.45, 2.75) is 0 Å². The molecule has 1 aromatic rings. The predicted octanol–water partition coefficient (Wildman–Crippen LogP) is -1.47. The van der Waals surface area contributed by atoms with Gasteiger partial charge in [-0.05, 0) is 14.1 Å². The maximum atomic E-state index is 9.95. The van der Waals surface area contributed by atoms with Crippen LogP contribution in [0.25, 0.3) is 0 Å². The summed E-state index contributed by atoms with van der Waals surface area (Å²) in [6, 6.07) is 0. The van der Waals surface area contributed by atoms with Crippen LogP contribution in [-0.4, -0.2) is 24.3 Å². The zero-order valence-electron chi connectivity index (χ0n) is 6.21. The molecule has 0 aromatic heterocycles. The molecule has 0 atom stereocenters. The minimum absolute atomic E-state index is 0.824. The van der Waals surface area contributed by atoms with Crippen molar-refractivity contribution in [1.82, 2.24) is 5.32 Å². The van der Waals surface area contributed by atoms with Gasteiger partial charge < -0.3 is 15.5 Å². The van der Waals surface area contributed by atoms with E-state index in [0.717, 1.165) is 0 Å². The van der Waals surface area contributed by atoms with E-state index in [0.29, 0.717) is 0 Å². The highest BCUT2D eigenvalue weighted by atomic mass is 16.3. The second-order valence-electron chi connectivity index (χ2n) is 1.86. The molecule has 11 heavy (non-hydrogen) atoms. The zero-order valence-corrected chi connectivity index (χ0v) is 6.21. The molecule has 0 bridgehead atoms. The van der Waals surface area contributed by atoms with Gasteiger partial charge >= 0.3 is 0 Å². The summed E-state index contributed by atoms with van der Waals surface area (Å²) in [4.78, 5) is 19.9. The third kappa shape index (κ3) is 1.78. The van der Waals surface area contributed by atoms with Gasteiger partial charge in [0.1, 0.15) is 0 Å². The van der Waals surface area contributed by atoms with E-state index < -0.39 is 22.4 Å². The summed E-state index contributed by atoms with van der Waals surface area (Å²) < 4.78 is 0. The molecule has 0 aliphatic carbocycles. The highest BCUT2D eigenvalue weighted by molar-refractivity contribution is 5.42. The fraction of sp³-hybridized carbons (Fsp3) is 0.333. The van der Waals surface area contributed by atoms with Crippen molar-refractivity contribution in [1.29, 1.82) is 0 Å². The molecule has 5 nitrogen and oxygen atoms in total. The van der Waals surface area contributed by atoms with Crippen molar-refractivity contribution < 1.29 is 10.2 Å². The maximum absolute atomic E-state index is 9.95. The van der Waals surface area contributed by atoms with Crippen molar-refractivity contribution in [3.05, 3.63) is 20.4 Å². The Labute approximate surface area is 62.6 Å². The maximum Gasteiger partial charge on any atom is 0.275 e. The minimum Gasteiger partial charge on any atom is -0.501 e. The second kappa shape index (κ2) is 3.72. The number of nitrogens with one attached hydrogen (secondary N) is 1. The fourth-order valence-corrected chi connectivity index (χ4v) is 0.368. The molecular weight excluding hydrogens is 150 g/mol. The smallest absolute Gasteiger partial charge is 0.275 e. The molecule has 0 heterocycles. The minimum atomic E-state index is -1.01. The molecule has 0 radical (unpaired) electrons. The Kier molecular flexibility index (Phi) is 3.26. The van der Waals surface area contributed by atoms with E-state index >= 15 is 0 Å². The monoisotopic (exact) mass is 159 g/mol. The largest absolute Gasteiger partial charge is 0.501 e. The Balaban J connectivity index is 0.000000292. The molecule has 0 fully saturated rings. The molecule has 3 N–H and O–H groups in total. The quantitative estimate of drug-likeness (QED) is 0.402. The normalized spacial score (nSPS) is 8.91. The lowest BCUT2D eigenvalue weighted by atomic mass is 10.2. The van der Waals surface area contributed by atoms with Crippen LogP contribution in [0.1, 0.15) is 0 Å². The van der Waals surface area contributed by atoms with Gasteiger partial charge in [-0.15, -0.1) is 0 Å². The molecular formula is C6H9NO4. The topological polar surface area (TPSA) is 86.6 Å². The first-order valence-corrected chi connectivity index (χ1v) is 2.86. The first-order chi connectivity index (χ1) is 5.06. The molecule has 0 spiro atoms. The third-order valence-electron chi connectivity index (χ3n) is 0.861. The van der Waals surface area contributed by atoms with E-state index in [4.69, 9.17) is 10.2 Å². The summed E-state index contributed by atoms with van der Waals surface area (Å²) in [7, 11) is 3.75. The van der Waals surface area contributed by atoms with Crippen molar-refractivity contribution in [3.8, 4) is 11.5 Å². The molecule has 1 aromatic carbocycles. The molecule has 0 aliphatic rings. The van der Waals surface area contributed by atoms with Crippen LogP contribution in [0, 0.1) is 0 Å². The Hall–Kier alpha value is -1.36. The predicted molar refractivity (Wildman–Crippen MR) is 39.7 cm³/mol. The van der Waals surface area contributed by atoms with Crippen molar-refractivity contribution >= 4 is 0 Å². The lowest BCUT2D eigenvalue weighted by Gasteiger charge is -1.92.